The fourth-order valence-electron chi connectivity index (χ4n) is 2.37. The van der Waals surface area contributed by atoms with Gasteiger partial charge in [-0.05, 0) is 38.5 Å². The SMILES string of the molecule is CCC(CC)(CC)C(=O)[O-].CCC(CC)(CC)C(=O)[O-].[Mg+2]. The van der Waals surface area contributed by atoms with E-state index in [1.165, 1.54) is 0 Å². The van der Waals surface area contributed by atoms with E-state index in [-0.39, 0.29) is 23.1 Å². The van der Waals surface area contributed by atoms with Gasteiger partial charge in [-0.15, -0.1) is 0 Å². The van der Waals surface area contributed by atoms with Crippen LogP contribution in [0.1, 0.15) is 80.1 Å². The normalized spacial score (nSPS) is 11.0. The van der Waals surface area contributed by atoms with Crippen LogP contribution in [0.4, 0.5) is 0 Å². The van der Waals surface area contributed by atoms with E-state index < -0.39 is 22.8 Å². The van der Waals surface area contributed by atoms with Crippen molar-refractivity contribution in [3.63, 3.8) is 0 Å². The number of carbonyl (C=O) groups excluding carboxylic acids is 2. The van der Waals surface area contributed by atoms with Crippen molar-refractivity contribution in [2.75, 3.05) is 0 Å². The third kappa shape index (κ3) is 7.00. The quantitative estimate of drug-likeness (QED) is 0.637. The number of hydrogen-bond donors (Lipinski definition) is 0. The molecule has 0 amide bonds. The molecule has 0 fully saturated rings. The number of carboxylic acids is 2. The van der Waals surface area contributed by atoms with Crippen molar-refractivity contribution in [3.8, 4) is 0 Å². The summed E-state index contributed by atoms with van der Waals surface area (Å²) in [4.78, 5) is 21.2. The van der Waals surface area contributed by atoms with Gasteiger partial charge in [0.05, 0.1) is 0 Å². The predicted molar refractivity (Wildman–Crippen MR) is 82.4 cm³/mol. The molecular weight excluding hydrogens is 280 g/mol. The largest absolute Gasteiger partial charge is 2.00 e. The molecule has 0 bridgehead atoms. The monoisotopic (exact) mass is 310 g/mol. The Morgan fingerprint density at radius 1 is 0.619 bits per heavy atom. The third-order valence-electron chi connectivity index (χ3n) is 4.93. The van der Waals surface area contributed by atoms with Gasteiger partial charge >= 0.3 is 23.1 Å². The van der Waals surface area contributed by atoms with Crippen LogP contribution in [-0.2, 0) is 9.59 Å². The van der Waals surface area contributed by atoms with Crippen molar-refractivity contribution >= 4 is 35.0 Å². The first-order chi connectivity index (χ1) is 9.25. The number of rotatable bonds is 8. The van der Waals surface area contributed by atoms with E-state index in [1.807, 2.05) is 41.5 Å². The Balaban J connectivity index is -0.000000295. The number of carboxylic acid groups (broad SMARTS) is 2. The summed E-state index contributed by atoms with van der Waals surface area (Å²) in [6.45, 7) is 11.3. The maximum absolute atomic E-state index is 10.6. The molecule has 0 saturated heterocycles. The van der Waals surface area contributed by atoms with Crippen LogP contribution in [0.2, 0.25) is 0 Å². The first-order valence-corrected chi connectivity index (χ1v) is 7.68. The van der Waals surface area contributed by atoms with Gasteiger partial charge in [0.2, 0.25) is 0 Å². The fraction of sp³-hybridized carbons (Fsp3) is 0.875. The smallest absolute Gasteiger partial charge is 0.550 e. The Labute approximate surface area is 145 Å². The molecule has 0 aliphatic heterocycles. The first kappa shape index (κ1) is 25.6. The Morgan fingerprint density at radius 2 is 0.762 bits per heavy atom. The Morgan fingerprint density at radius 3 is 0.762 bits per heavy atom. The molecule has 0 aromatic carbocycles. The Bertz CT molecular complexity index is 248. The summed E-state index contributed by atoms with van der Waals surface area (Å²) in [6.07, 6.45) is 4.01. The second-order valence-electron chi connectivity index (χ2n) is 5.26. The summed E-state index contributed by atoms with van der Waals surface area (Å²) in [7, 11) is 0. The maximum Gasteiger partial charge on any atom is 2.00 e. The summed E-state index contributed by atoms with van der Waals surface area (Å²) in [5.41, 5.74) is -1.14. The molecule has 0 aliphatic carbocycles. The van der Waals surface area contributed by atoms with Crippen molar-refractivity contribution in [1.29, 1.82) is 0 Å². The standard InChI is InChI=1S/2C8H16O2.Mg/c2*1-4-8(5-2,6-3)7(9)10;/h2*4-6H2,1-3H3,(H,9,10);/q;;+2/p-2. The van der Waals surface area contributed by atoms with Gasteiger partial charge in [-0.25, -0.2) is 0 Å². The zero-order chi connectivity index (χ0) is 16.4. The van der Waals surface area contributed by atoms with Crippen LogP contribution in [-0.4, -0.2) is 35.0 Å². The molecule has 0 unspecified atom stereocenters. The Kier molecular flexibility index (Phi) is 15.0. The molecule has 0 aromatic heterocycles. The summed E-state index contributed by atoms with van der Waals surface area (Å²) < 4.78 is 0. The van der Waals surface area contributed by atoms with Gasteiger partial charge in [0.1, 0.15) is 0 Å². The van der Waals surface area contributed by atoms with E-state index in [4.69, 9.17) is 0 Å². The molecule has 0 N–H and O–H groups in total. The van der Waals surface area contributed by atoms with Crippen LogP contribution in [0.3, 0.4) is 0 Å². The van der Waals surface area contributed by atoms with E-state index in [0.29, 0.717) is 38.5 Å². The van der Waals surface area contributed by atoms with Gasteiger partial charge < -0.3 is 19.8 Å². The van der Waals surface area contributed by atoms with E-state index in [1.54, 1.807) is 0 Å². The van der Waals surface area contributed by atoms with Crippen LogP contribution in [0.15, 0.2) is 0 Å². The maximum atomic E-state index is 10.6. The average molecular weight is 311 g/mol. The van der Waals surface area contributed by atoms with Crippen molar-refractivity contribution in [1.82, 2.24) is 0 Å². The summed E-state index contributed by atoms with van der Waals surface area (Å²) in [5, 5.41) is 21.2. The molecule has 0 aromatic rings. The molecule has 5 heteroatoms. The molecule has 21 heavy (non-hydrogen) atoms. The second-order valence-corrected chi connectivity index (χ2v) is 5.26. The topological polar surface area (TPSA) is 80.3 Å². The van der Waals surface area contributed by atoms with Crippen LogP contribution in [0.5, 0.6) is 0 Å². The number of aliphatic carboxylic acids is 2. The molecule has 0 aliphatic rings. The molecule has 0 atom stereocenters. The van der Waals surface area contributed by atoms with Crippen LogP contribution < -0.4 is 10.2 Å². The molecule has 0 saturated carbocycles. The molecule has 120 valence electrons. The molecule has 0 spiro atoms. The Hall–Kier alpha value is -0.294. The molecule has 0 radical (unpaired) electrons. The predicted octanol–water partition coefficient (Wildman–Crippen LogP) is 1.52. The molecule has 0 heterocycles. The van der Waals surface area contributed by atoms with Gasteiger partial charge in [-0.1, -0.05) is 41.5 Å². The van der Waals surface area contributed by atoms with Crippen molar-refractivity contribution in [3.05, 3.63) is 0 Å². The number of hydrogen-bond acceptors (Lipinski definition) is 4. The zero-order valence-electron chi connectivity index (χ0n) is 14.6. The summed E-state index contributed by atoms with van der Waals surface area (Å²) in [6, 6.07) is 0. The minimum Gasteiger partial charge on any atom is -0.550 e. The van der Waals surface area contributed by atoms with E-state index in [0.717, 1.165) is 0 Å². The average Bonchev–Trinajstić information content (AvgIpc) is 2.44. The molecular formula is C16H30MgO4. The van der Waals surface area contributed by atoms with Crippen molar-refractivity contribution in [2.45, 2.75) is 80.1 Å². The van der Waals surface area contributed by atoms with Crippen LogP contribution in [0, 0.1) is 10.8 Å². The van der Waals surface area contributed by atoms with E-state index in [2.05, 4.69) is 0 Å². The van der Waals surface area contributed by atoms with Crippen LogP contribution >= 0.6 is 0 Å². The fourth-order valence-corrected chi connectivity index (χ4v) is 2.37. The summed E-state index contributed by atoms with van der Waals surface area (Å²) in [5.74, 6) is -1.81. The van der Waals surface area contributed by atoms with Gasteiger partial charge in [-0.2, -0.15) is 0 Å². The van der Waals surface area contributed by atoms with E-state index in [9.17, 15) is 19.8 Å². The molecule has 4 nitrogen and oxygen atoms in total. The van der Waals surface area contributed by atoms with E-state index >= 15 is 0 Å². The molecule has 0 rings (SSSR count). The zero-order valence-corrected chi connectivity index (χ0v) is 16.0. The first-order valence-electron chi connectivity index (χ1n) is 7.68. The van der Waals surface area contributed by atoms with Gasteiger partial charge in [0, 0.05) is 22.8 Å². The van der Waals surface area contributed by atoms with Crippen LogP contribution in [0.25, 0.3) is 0 Å². The van der Waals surface area contributed by atoms with Gasteiger partial charge in [-0.3, -0.25) is 0 Å². The number of carbonyl (C=O) groups is 2. The van der Waals surface area contributed by atoms with Crippen molar-refractivity contribution < 1.29 is 19.8 Å². The van der Waals surface area contributed by atoms with Gasteiger partial charge in [0.25, 0.3) is 0 Å². The minimum absolute atomic E-state index is 0. The van der Waals surface area contributed by atoms with Crippen molar-refractivity contribution in [2.24, 2.45) is 10.8 Å². The minimum atomic E-state index is -0.903. The third-order valence-corrected chi connectivity index (χ3v) is 4.93. The summed E-state index contributed by atoms with van der Waals surface area (Å²) >= 11 is 0. The van der Waals surface area contributed by atoms with Gasteiger partial charge in [0.15, 0.2) is 0 Å². The second kappa shape index (κ2) is 12.3.